The summed E-state index contributed by atoms with van der Waals surface area (Å²) in [4.78, 5) is 25.2. The van der Waals surface area contributed by atoms with Crippen LogP contribution in [0.4, 0.5) is 0 Å². The van der Waals surface area contributed by atoms with E-state index in [2.05, 4.69) is 10.5 Å². The van der Waals surface area contributed by atoms with Gasteiger partial charge in [0, 0.05) is 5.56 Å². The molecule has 1 N–H and O–H groups in total. The number of hydrogen-bond donors (Lipinski definition) is 1. The second kappa shape index (κ2) is 11.9. The van der Waals surface area contributed by atoms with Crippen LogP contribution in [0.2, 0.25) is 5.02 Å². The number of amides is 1. The lowest BCUT2D eigenvalue weighted by Crippen LogP contribution is -2.24. The predicted molar refractivity (Wildman–Crippen MR) is 141 cm³/mol. The number of carbonyl (C=O) groups excluding carboxylic acids is 2. The first-order valence-electron chi connectivity index (χ1n) is 11.2. The molecular formula is C28H23ClN2O6. The van der Waals surface area contributed by atoms with E-state index in [-0.39, 0.29) is 17.9 Å². The largest absolute Gasteiger partial charge is 0.493 e. The van der Waals surface area contributed by atoms with Gasteiger partial charge in [0.25, 0.3) is 5.91 Å². The molecular weight excluding hydrogens is 496 g/mol. The van der Waals surface area contributed by atoms with Crippen LogP contribution in [0, 0.1) is 0 Å². The first-order chi connectivity index (χ1) is 18.0. The fourth-order valence-corrected chi connectivity index (χ4v) is 3.72. The Morgan fingerprint density at radius 2 is 1.59 bits per heavy atom. The van der Waals surface area contributed by atoms with E-state index in [4.69, 9.17) is 30.5 Å². The number of ether oxygens (including phenoxy) is 4. The van der Waals surface area contributed by atoms with E-state index in [0.29, 0.717) is 27.8 Å². The number of hydrazone groups is 1. The summed E-state index contributed by atoms with van der Waals surface area (Å²) in [6, 6.07) is 22.6. The molecule has 4 rings (SSSR count). The Morgan fingerprint density at radius 3 is 2.38 bits per heavy atom. The minimum absolute atomic E-state index is 0.267. The van der Waals surface area contributed by atoms with Gasteiger partial charge < -0.3 is 18.9 Å². The number of carbonyl (C=O) groups is 2. The van der Waals surface area contributed by atoms with Crippen LogP contribution in [0.25, 0.3) is 10.8 Å². The minimum Gasteiger partial charge on any atom is -0.493 e. The molecule has 9 heteroatoms. The van der Waals surface area contributed by atoms with Gasteiger partial charge in [0.1, 0.15) is 11.5 Å². The van der Waals surface area contributed by atoms with Crippen molar-refractivity contribution in [1.82, 2.24) is 5.43 Å². The average molecular weight is 519 g/mol. The summed E-state index contributed by atoms with van der Waals surface area (Å²) in [7, 11) is 3.00. The van der Waals surface area contributed by atoms with Gasteiger partial charge in [0.05, 0.1) is 31.0 Å². The molecule has 4 aromatic rings. The molecule has 1 amide bonds. The summed E-state index contributed by atoms with van der Waals surface area (Å²) >= 11 is 6.04. The van der Waals surface area contributed by atoms with Crippen LogP contribution in [0.15, 0.2) is 84.0 Å². The molecule has 0 spiro atoms. The van der Waals surface area contributed by atoms with Crippen molar-refractivity contribution >= 4 is 40.5 Å². The highest BCUT2D eigenvalue weighted by Crippen LogP contribution is 2.30. The Hall–Kier alpha value is -4.56. The molecule has 0 unspecified atom stereocenters. The number of rotatable bonds is 9. The zero-order valence-corrected chi connectivity index (χ0v) is 20.8. The van der Waals surface area contributed by atoms with Crippen molar-refractivity contribution < 1.29 is 28.5 Å². The lowest BCUT2D eigenvalue weighted by Gasteiger charge is -2.12. The number of esters is 1. The summed E-state index contributed by atoms with van der Waals surface area (Å²) in [5.41, 5.74) is 3.21. The van der Waals surface area contributed by atoms with Crippen molar-refractivity contribution in [2.75, 3.05) is 20.8 Å². The number of para-hydroxylation sites is 1. The van der Waals surface area contributed by atoms with Gasteiger partial charge in [-0.25, -0.2) is 10.2 Å². The highest BCUT2D eigenvalue weighted by atomic mass is 35.5. The molecule has 8 nitrogen and oxygen atoms in total. The molecule has 37 heavy (non-hydrogen) atoms. The van der Waals surface area contributed by atoms with Gasteiger partial charge in [-0.3, -0.25) is 4.79 Å². The summed E-state index contributed by atoms with van der Waals surface area (Å²) < 4.78 is 21.6. The van der Waals surface area contributed by atoms with E-state index < -0.39 is 11.9 Å². The zero-order valence-electron chi connectivity index (χ0n) is 20.1. The van der Waals surface area contributed by atoms with E-state index in [9.17, 15) is 9.59 Å². The smallest absolute Gasteiger partial charge is 0.343 e. The van der Waals surface area contributed by atoms with Gasteiger partial charge in [-0.05, 0) is 47.2 Å². The Balaban J connectivity index is 1.53. The number of hydrogen-bond acceptors (Lipinski definition) is 7. The molecule has 0 saturated carbocycles. The quantitative estimate of drug-likeness (QED) is 0.140. The standard InChI is InChI=1S/C28H23ClN2O6/c1-34-25-14-12-19(15-26(25)35-2)28(33)37-23-13-11-18-7-3-4-8-20(18)21(23)16-30-31-27(32)17-36-24-10-6-5-9-22(24)29/h3-16H,17H2,1-2H3,(H,31,32)/b30-16+. The van der Waals surface area contributed by atoms with E-state index in [1.54, 1.807) is 42.5 Å². The van der Waals surface area contributed by atoms with Crippen molar-refractivity contribution in [2.24, 2.45) is 5.10 Å². The van der Waals surface area contributed by atoms with Crippen molar-refractivity contribution in [3.05, 3.63) is 95.0 Å². The molecule has 0 saturated heterocycles. The Labute approximate surface area is 218 Å². The molecule has 0 aliphatic carbocycles. The molecule has 0 heterocycles. The van der Waals surface area contributed by atoms with E-state index in [1.165, 1.54) is 26.5 Å². The Morgan fingerprint density at radius 1 is 0.865 bits per heavy atom. The summed E-state index contributed by atoms with van der Waals surface area (Å²) in [5, 5.41) is 6.14. The summed E-state index contributed by atoms with van der Waals surface area (Å²) in [6.45, 7) is -0.280. The molecule has 0 atom stereocenters. The molecule has 0 fully saturated rings. The topological polar surface area (TPSA) is 95.5 Å². The van der Waals surface area contributed by atoms with Gasteiger partial charge in [0.2, 0.25) is 0 Å². The van der Waals surface area contributed by atoms with Crippen LogP contribution in [0.1, 0.15) is 15.9 Å². The van der Waals surface area contributed by atoms with E-state index in [1.807, 2.05) is 30.3 Å². The number of nitrogens with one attached hydrogen (secondary N) is 1. The van der Waals surface area contributed by atoms with Gasteiger partial charge >= 0.3 is 5.97 Å². The average Bonchev–Trinajstić information content (AvgIpc) is 2.93. The van der Waals surface area contributed by atoms with Gasteiger partial charge in [-0.2, -0.15) is 5.10 Å². The minimum atomic E-state index is -0.594. The van der Waals surface area contributed by atoms with Crippen LogP contribution < -0.4 is 24.4 Å². The third kappa shape index (κ3) is 6.17. The summed E-state index contributed by atoms with van der Waals surface area (Å²) in [6.07, 6.45) is 1.42. The highest BCUT2D eigenvalue weighted by molar-refractivity contribution is 6.32. The van der Waals surface area contributed by atoms with Crippen LogP contribution in [0.3, 0.4) is 0 Å². The molecule has 0 aromatic heterocycles. The molecule has 188 valence electrons. The fraction of sp³-hybridized carbons (Fsp3) is 0.107. The summed E-state index contributed by atoms with van der Waals surface area (Å²) in [5.74, 6) is 0.472. The van der Waals surface area contributed by atoms with Crippen LogP contribution >= 0.6 is 11.6 Å². The van der Waals surface area contributed by atoms with E-state index >= 15 is 0 Å². The third-order valence-corrected chi connectivity index (χ3v) is 5.64. The van der Waals surface area contributed by atoms with E-state index in [0.717, 1.165) is 10.8 Å². The number of methoxy groups -OCH3 is 2. The fourth-order valence-electron chi connectivity index (χ4n) is 3.53. The maximum Gasteiger partial charge on any atom is 0.343 e. The lowest BCUT2D eigenvalue weighted by molar-refractivity contribution is -0.123. The van der Waals surface area contributed by atoms with Crippen molar-refractivity contribution in [1.29, 1.82) is 0 Å². The first-order valence-corrected chi connectivity index (χ1v) is 11.5. The maximum absolute atomic E-state index is 12.9. The number of nitrogens with zero attached hydrogens (tertiary/aromatic N) is 1. The SMILES string of the molecule is COc1ccc(C(=O)Oc2ccc3ccccc3c2/C=N/NC(=O)COc2ccccc2Cl)cc1OC. The number of fused-ring (bicyclic) bond motifs is 1. The van der Waals surface area contributed by atoms with Gasteiger partial charge in [0.15, 0.2) is 18.1 Å². The monoisotopic (exact) mass is 518 g/mol. The van der Waals surface area contributed by atoms with Crippen LogP contribution in [-0.4, -0.2) is 38.9 Å². The van der Waals surface area contributed by atoms with Gasteiger partial charge in [-0.1, -0.05) is 54.1 Å². The molecule has 0 bridgehead atoms. The maximum atomic E-state index is 12.9. The highest BCUT2D eigenvalue weighted by Gasteiger charge is 2.16. The second-order valence-electron chi connectivity index (χ2n) is 7.67. The zero-order chi connectivity index (χ0) is 26.2. The normalized spacial score (nSPS) is 10.8. The van der Waals surface area contributed by atoms with Crippen molar-refractivity contribution in [3.63, 3.8) is 0 Å². The molecule has 0 radical (unpaired) electrons. The Kier molecular flexibility index (Phi) is 8.22. The third-order valence-electron chi connectivity index (χ3n) is 5.33. The lowest BCUT2D eigenvalue weighted by atomic mass is 10.0. The Bertz CT molecular complexity index is 1470. The molecule has 4 aromatic carbocycles. The second-order valence-corrected chi connectivity index (χ2v) is 8.08. The predicted octanol–water partition coefficient (Wildman–Crippen LogP) is 5.26. The van der Waals surface area contributed by atoms with Crippen molar-refractivity contribution in [3.8, 4) is 23.0 Å². The van der Waals surface area contributed by atoms with Crippen molar-refractivity contribution in [2.45, 2.75) is 0 Å². The van der Waals surface area contributed by atoms with Gasteiger partial charge in [-0.15, -0.1) is 0 Å². The van der Waals surface area contributed by atoms with Crippen LogP contribution in [0.5, 0.6) is 23.0 Å². The number of halogens is 1. The first kappa shape index (κ1) is 25.5. The number of benzene rings is 4. The molecule has 0 aliphatic heterocycles. The molecule has 0 aliphatic rings. The van der Waals surface area contributed by atoms with Crippen LogP contribution in [-0.2, 0) is 4.79 Å².